The zero-order valence-electron chi connectivity index (χ0n) is 13.3. The van der Waals surface area contributed by atoms with Crippen molar-refractivity contribution in [2.24, 2.45) is 0 Å². The molecule has 1 aromatic carbocycles. The van der Waals surface area contributed by atoms with Gasteiger partial charge in [-0.2, -0.15) is 0 Å². The van der Waals surface area contributed by atoms with E-state index >= 15 is 0 Å². The van der Waals surface area contributed by atoms with E-state index in [4.69, 9.17) is 0 Å². The summed E-state index contributed by atoms with van der Waals surface area (Å²) in [4.78, 5) is 2.13. The molecule has 0 unspecified atom stereocenters. The summed E-state index contributed by atoms with van der Waals surface area (Å²) in [5.74, 6) is -0.248. The van der Waals surface area contributed by atoms with E-state index in [1.54, 1.807) is 12.1 Å². The molecular formula is C15H19FN4O2S2. The number of hydrogen-bond donors (Lipinski definition) is 1. The van der Waals surface area contributed by atoms with Crippen molar-refractivity contribution in [3.8, 4) is 0 Å². The summed E-state index contributed by atoms with van der Waals surface area (Å²) >= 11 is 1.52. The summed E-state index contributed by atoms with van der Waals surface area (Å²) in [6.07, 6.45) is 3.32. The average molecular weight is 370 g/mol. The highest BCUT2D eigenvalue weighted by Gasteiger charge is 2.23. The Labute approximate surface area is 144 Å². The van der Waals surface area contributed by atoms with Crippen molar-refractivity contribution in [3.63, 3.8) is 0 Å². The number of hydrogen-bond acceptors (Lipinski definition) is 6. The minimum absolute atomic E-state index is 0.0112. The quantitative estimate of drug-likeness (QED) is 0.868. The molecule has 0 saturated carbocycles. The van der Waals surface area contributed by atoms with Gasteiger partial charge in [0, 0.05) is 25.6 Å². The van der Waals surface area contributed by atoms with Gasteiger partial charge in [-0.25, -0.2) is 17.5 Å². The summed E-state index contributed by atoms with van der Waals surface area (Å²) in [6, 6.07) is 6.37. The van der Waals surface area contributed by atoms with E-state index in [-0.39, 0.29) is 11.9 Å². The molecular weight excluding hydrogens is 351 g/mol. The van der Waals surface area contributed by atoms with E-state index in [2.05, 4.69) is 19.8 Å². The molecule has 6 nitrogen and oxygen atoms in total. The lowest BCUT2D eigenvalue weighted by Gasteiger charge is -2.31. The van der Waals surface area contributed by atoms with Gasteiger partial charge in [-0.05, 0) is 30.5 Å². The molecule has 24 heavy (non-hydrogen) atoms. The number of benzene rings is 1. The lowest BCUT2D eigenvalue weighted by Crippen LogP contribution is -2.44. The molecule has 3 rings (SSSR count). The number of sulfonamides is 1. The first-order valence-electron chi connectivity index (χ1n) is 7.68. The van der Waals surface area contributed by atoms with Crippen LogP contribution in [-0.2, 0) is 16.4 Å². The number of rotatable bonds is 5. The van der Waals surface area contributed by atoms with Gasteiger partial charge in [0.1, 0.15) is 10.8 Å². The Morgan fingerprint density at radius 1 is 1.25 bits per heavy atom. The predicted molar refractivity (Wildman–Crippen MR) is 92.3 cm³/mol. The second-order valence-corrected chi connectivity index (χ2v) is 8.75. The normalized spacial score (nSPS) is 16.5. The van der Waals surface area contributed by atoms with Gasteiger partial charge in [-0.15, -0.1) is 10.2 Å². The number of piperidine rings is 1. The molecule has 9 heteroatoms. The van der Waals surface area contributed by atoms with Crippen LogP contribution in [0.15, 0.2) is 24.3 Å². The lowest BCUT2D eigenvalue weighted by atomic mass is 10.1. The molecule has 1 N–H and O–H groups in total. The fraction of sp³-hybridized carbons (Fsp3) is 0.467. The monoisotopic (exact) mass is 370 g/mol. The molecule has 1 aromatic heterocycles. The SMILES string of the molecule is CS(=O)(=O)NC1CCN(c2nnc(Cc3ccc(F)cc3)s2)CC1. The molecule has 0 bridgehead atoms. The maximum atomic E-state index is 12.9. The number of aromatic nitrogens is 2. The van der Waals surface area contributed by atoms with Crippen molar-refractivity contribution in [2.45, 2.75) is 25.3 Å². The first-order valence-corrected chi connectivity index (χ1v) is 10.4. The molecule has 130 valence electrons. The fourth-order valence-corrected chi connectivity index (χ4v) is 4.48. The first kappa shape index (κ1) is 17.2. The molecule has 2 aromatic rings. The van der Waals surface area contributed by atoms with Crippen LogP contribution in [0.1, 0.15) is 23.4 Å². The predicted octanol–water partition coefficient (Wildman–Crippen LogP) is 1.79. The summed E-state index contributed by atoms with van der Waals surface area (Å²) in [6.45, 7) is 1.50. The first-order chi connectivity index (χ1) is 11.4. The number of anilines is 1. The van der Waals surface area contributed by atoms with Crippen LogP contribution in [0, 0.1) is 5.82 Å². The fourth-order valence-electron chi connectivity index (χ4n) is 2.71. The van der Waals surface area contributed by atoms with Crippen LogP contribution in [0.25, 0.3) is 0 Å². The largest absolute Gasteiger partial charge is 0.347 e. The van der Waals surface area contributed by atoms with E-state index < -0.39 is 10.0 Å². The Kier molecular flexibility index (Phi) is 5.12. The summed E-state index contributed by atoms with van der Waals surface area (Å²) in [5, 5.41) is 10.2. The van der Waals surface area contributed by atoms with E-state index in [9.17, 15) is 12.8 Å². The molecule has 2 heterocycles. The van der Waals surface area contributed by atoms with E-state index in [0.29, 0.717) is 6.42 Å². The van der Waals surface area contributed by atoms with Gasteiger partial charge in [0.05, 0.1) is 6.26 Å². The van der Waals surface area contributed by atoms with E-state index in [0.717, 1.165) is 41.6 Å². The van der Waals surface area contributed by atoms with Gasteiger partial charge >= 0.3 is 0 Å². The van der Waals surface area contributed by atoms with Gasteiger partial charge in [-0.3, -0.25) is 0 Å². The number of nitrogens with zero attached hydrogens (tertiary/aromatic N) is 3. The minimum Gasteiger partial charge on any atom is -0.347 e. The number of halogens is 1. The van der Waals surface area contributed by atoms with Crippen molar-refractivity contribution < 1.29 is 12.8 Å². The zero-order chi connectivity index (χ0) is 17.2. The molecule has 0 amide bonds. The topological polar surface area (TPSA) is 75.2 Å². The van der Waals surface area contributed by atoms with Crippen LogP contribution in [0.2, 0.25) is 0 Å². The summed E-state index contributed by atoms with van der Waals surface area (Å²) in [7, 11) is -3.16. The molecule has 1 saturated heterocycles. The Balaban J connectivity index is 1.57. The van der Waals surface area contributed by atoms with Crippen molar-refractivity contribution in [3.05, 3.63) is 40.7 Å². The molecule has 0 atom stereocenters. The smallest absolute Gasteiger partial charge is 0.208 e. The Hall–Kier alpha value is -1.58. The van der Waals surface area contributed by atoms with Gasteiger partial charge in [0.25, 0.3) is 0 Å². The van der Waals surface area contributed by atoms with Gasteiger partial charge < -0.3 is 4.90 Å². The molecule has 0 radical (unpaired) electrons. The van der Waals surface area contributed by atoms with Crippen molar-refractivity contribution in [1.29, 1.82) is 0 Å². The van der Waals surface area contributed by atoms with Crippen molar-refractivity contribution in [2.75, 3.05) is 24.2 Å². The Morgan fingerprint density at radius 3 is 2.54 bits per heavy atom. The maximum Gasteiger partial charge on any atom is 0.208 e. The molecule has 1 fully saturated rings. The standard InChI is InChI=1S/C15H19FN4O2S2/c1-24(21,22)19-13-6-8-20(9-7-13)15-18-17-14(23-15)10-11-2-4-12(16)5-3-11/h2-5,13,19H,6-10H2,1H3. The number of nitrogens with one attached hydrogen (secondary N) is 1. The Bertz CT molecular complexity index is 784. The molecule has 1 aliphatic heterocycles. The minimum atomic E-state index is -3.16. The lowest BCUT2D eigenvalue weighted by molar-refractivity contribution is 0.461. The summed E-state index contributed by atoms with van der Waals surface area (Å²) in [5.41, 5.74) is 0.996. The maximum absolute atomic E-state index is 12.9. The third-order valence-electron chi connectivity index (χ3n) is 3.87. The second-order valence-electron chi connectivity index (χ2n) is 5.93. The van der Waals surface area contributed by atoms with Crippen molar-refractivity contribution in [1.82, 2.24) is 14.9 Å². The highest BCUT2D eigenvalue weighted by Crippen LogP contribution is 2.25. The van der Waals surface area contributed by atoms with Gasteiger partial charge in [-0.1, -0.05) is 23.5 Å². The van der Waals surface area contributed by atoms with Crippen LogP contribution in [-0.4, -0.2) is 44.0 Å². The van der Waals surface area contributed by atoms with E-state index in [1.165, 1.54) is 29.7 Å². The van der Waals surface area contributed by atoms with Crippen LogP contribution in [0.4, 0.5) is 9.52 Å². The van der Waals surface area contributed by atoms with Crippen LogP contribution in [0.3, 0.4) is 0 Å². The van der Waals surface area contributed by atoms with Crippen LogP contribution >= 0.6 is 11.3 Å². The molecule has 0 aliphatic carbocycles. The van der Waals surface area contributed by atoms with Gasteiger partial charge in [0.15, 0.2) is 0 Å². The molecule has 1 aliphatic rings. The van der Waals surface area contributed by atoms with Crippen LogP contribution in [0.5, 0.6) is 0 Å². The average Bonchev–Trinajstić information content (AvgIpc) is 2.97. The highest BCUT2D eigenvalue weighted by molar-refractivity contribution is 7.88. The molecule has 0 spiro atoms. The van der Waals surface area contributed by atoms with Crippen LogP contribution < -0.4 is 9.62 Å². The third kappa shape index (κ3) is 4.71. The third-order valence-corrected chi connectivity index (χ3v) is 5.62. The second kappa shape index (κ2) is 7.12. The summed E-state index contributed by atoms with van der Waals surface area (Å²) < 4.78 is 38.1. The van der Waals surface area contributed by atoms with Crippen molar-refractivity contribution >= 4 is 26.5 Å². The van der Waals surface area contributed by atoms with Gasteiger partial charge in [0.2, 0.25) is 15.2 Å². The zero-order valence-corrected chi connectivity index (χ0v) is 14.9. The highest BCUT2D eigenvalue weighted by atomic mass is 32.2. The Morgan fingerprint density at radius 2 is 1.92 bits per heavy atom. The van der Waals surface area contributed by atoms with E-state index in [1.807, 2.05) is 0 Å².